The Hall–Kier alpha value is -0.580. The molecule has 0 saturated carbocycles. The number of aryl methyl sites for hydroxylation is 2. The fourth-order valence-electron chi connectivity index (χ4n) is 1.86. The number of rotatable bonds is 4. The van der Waals surface area contributed by atoms with Crippen LogP contribution in [0.15, 0.2) is 16.5 Å². The van der Waals surface area contributed by atoms with Crippen molar-refractivity contribution in [2.75, 3.05) is 0 Å². The summed E-state index contributed by atoms with van der Waals surface area (Å²) in [6.45, 7) is 10.9. The van der Waals surface area contributed by atoms with Crippen molar-refractivity contribution in [1.29, 1.82) is 0 Å². The van der Waals surface area contributed by atoms with Crippen LogP contribution >= 0.6 is 23.3 Å². The first-order valence-electron chi connectivity index (χ1n) is 6.79. The zero-order valence-corrected chi connectivity index (χ0v) is 14.0. The molecule has 0 aliphatic carbocycles. The number of aromatic nitrogens is 1. The van der Waals surface area contributed by atoms with E-state index in [1.54, 1.807) is 23.3 Å². The van der Waals surface area contributed by atoms with E-state index in [1.807, 2.05) is 0 Å². The van der Waals surface area contributed by atoms with Crippen molar-refractivity contribution in [3.63, 3.8) is 0 Å². The van der Waals surface area contributed by atoms with E-state index in [-0.39, 0.29) is 5.54 Å². The van der Waals surface area contributed by atoms with Crippen LogP contribution in [0.4, 0.5) is 0 Å². The number of nitrogens with one attached hydrogen (secondary N) is 1. The molecule has 2 aromatic rings. The Balaban J connectivity index is 2.34. The number of hydrogen-bond donors (Lipinski definition) is 1. The van der Waals surface area contributed by atoms with Crippen molar-refractivity contribution in [1.82, 2.24) is 9.71 Å². The number of benzene rings is 1. The molecule has 0 fully saturated rings. The standard InChI is InChI=1S/C15H22N2S2/c1-6-10-8-11(7-2)13-12(9-10)18-14(16-13)19-17-15(3,4)5/h8-9,17H,6-7H2,1-5H3. The van der Waals surface area contributed by atoms with Gasteiger partial charge in [0.05, 0.1) is 10.2 Å². The highest BCUT2D eigenvalue weighted by molar-refractivity contribution is 7.99. The van der Waals surface area contributed by atoms with Crippen LogP contribution in [0.2, 0.25) is 0 Å². The molecule has 0 bridgehead atoms. The molecule has 0 amide bonds. The van der Waals surface area contributed by atoms with E-state index in [1.165, 1.54) is 21.3 Å². The highest BCUT2D eigenvalue weighted by Crippen LogP contribution is 2.32. The molecule has 104 valence electrons. The molecule has 0 unspecified atom stereocenters. The summed E-state index contributed by atoms with van der Waals surface area (Å²) in [6.07, 6.45) is 2.13. The van der Waals surface area contributed by atoms with E-state index in [4.69, 9.17) is 4.98 Å². The number of fused-ring (bicyclic) bond motifs is 1. The largest absolute Gasteiger partial charge is 0.253 e. The maximum atomic E-state index is 4.78. The van der Waals surface area contributed by atoms with Crippen LogP contribution in [0.3, 0.4) is 0 Å². The van der Waals surface area contributed by atoms with Crippen LogP contribution in [0.1, 0.15) is 45.7 Å². The van der Waals surface area contributed by atoms with Gasteiger partial charge in [-0.2, -0.15) is 0 Å². The van der Waals surface area contributed by atoms with E-state index in [9.17, 15) is 0 Å². The quantitative estimate of drug-likeness (QED) is 0.819. The molecule has 0 aliphatic heterocycles. The summed E-state index contributed by atoms with van der Waals surface area (Å²) in [4.78, 5) is 4.78. The summed E-state index contributed by atoms with van der Waals surface area (Å²) in [6, 6.07) is 4.58. The van der Waals surface area contributed by atoms with Crippen LogP contribution < -0.4 is 4.72 Å². The third kappa shape index (κ3) is 3.71. The molecule has 2 rings (SSSR count). The van der Waals surface area contributed by atoms with Gasteiger partial charge in [0, 0.05) is 5.54 Å². The van der Waals surface area contributed by atoms with Gasteiger partial charge in [-0.15, -0.1) is 11.3 Å². The van der Waals surface area contributed by atoms with Gasteiger partial charge in [-0.05, 0) is 62.8 Å². The summed E-state index contributed by atoms with van der Waals surface area (Å²) < 4.78 is 5.85. The minimum Gasteiger partial charge on any atom is -0.253 e. The zero-order chi connectivity index (χ0) is 14.0. The molecule has 1 aromatic heterocycles. The van der Waals surface area contributed by atoms with Crippen LogP contribution in [-0.2, 0) is 12.8 Å². The number of hydrogen-bond acceptors (Lipinski definition) is 4. The molecule has 0 saturated heterocycles. The van der Waals surface area contributed by atoms with Crippen molar-refractivity contribution in [3.8, 4) is 0 Å². The van der Waals surface area contributed by atoms with Gasteiger partial charge >= 0.3 is 0 Å². The second-order valence-electron chi connectivity index (χ2n) is 5.74. The third-order valence-electron chi connectivity index (χ3n) is 2.85. The number of thiazole rings is 1. The number of nitrogens with zero attached hydrogens (tertiary/aromatic N) is 1. The Morgan fingerprint density at radius 1 is 1.21 bits per heavy atom. The first kappa shape index (κ1) is 14.8. The van der Waals surface area contributed by atoms with Gasteiger partial charge in [-0.25, -0.2) is 4.98 Å². The third-order valence-corrected chi connectivity index (χ3v) is 5.13. The highest BCUT2D eigenvalue weighted by atomic mass is 32.2. The van der Waals surface area contributed by atoms with Crippen molar-refractivity contribution >= 4 is 33.5 Å². The Kier molecular flexibility index (Phi) is 4.54. The first-order valence-corrected chi connectivity index (χ1v) is 8.42. The van der Waals surface area contributed by atoms with Crippen LogP contribution in [0.5, 0.6) is 0 Å². The maximum absolute atomic E-state index is 4.78. The summed E-state index contributed by atoms with van der Waals surface area (Å²) in [7, 11) is 0. The predicted octanol–water partition coefficient (Wildman–Crippen LogP) is 4.82. The Morgan fingerprint density at radius 2 is 1.95 bits per heavy atom. The summed E-state index contributed by atoms with van der Waals surface area (Å²) in [5, 5.41) is 0. The molecule has 0 radical (unpaired) electrons. The van der Waals surface area contributed by atoms with E-state index < -0.39 is 0 Å². The molecule has 1 heterocycles. The normalized spacial score (nSPS) is 12.3. The second-order valence-corrected chi connectivity index (χ2v) is 7.83. The van der Waals surface area contributed by atoms with E-state index in [0.717, 1.165) is 17.2 Å². The average Bonchev–Trinajstić information content (AvgIpc) is 2.77. The van der Waals surface area contributed by atoms with Crippen LogP contribution in [-0.4, -0.2) is 10.5 Å². The molecule has 1 N–H and O–H groups in total. The minimum atomic E-state index is 0.102. The van der Waals surface area contributed by atoms with Gasteiger partial charge in [0.25, 0.3) is 0 Å². The monoisotopic (exact) mass is 294 g/mol. The molecule has 1 aromatic carbocycles. The molecule has 0 aliphatic rings. The smallest absolute Gasteiger partial charge is 0.166 e. The van der Waals surface area contributed by atoms with Crippen molar-refractivity contribution in [2.45, 2.75) is 57.3 Å². The van der Waals surface area contributed by atoms with Crippen molar-refractivity contribution in [2.24, 2.45) is 0 Å². The fraction of sp³-hybridized carbons (Fsp3) is 0.533. The first-order chi connectivity index (χ1) is 8.93. The lowest BCUT2D eigenvalue weighted by Gasteiger charge is -2.17. The topological polar surface area (TPSA) is 24.9 Å². The molecule has 19 heavy (non-hydrogen) atoms. The van der Waals surface area contributed by atoms with Gasteiger partial charge in [-0.3, -0.25) is 4.72 Å². The fourth-order valence-corrected chi connectivity index (χ4v) is 3.76. The molecule has 2 nitrogen and oxygen atoms in total. The lowest BCUT2D eigenvalue weighted by molar-refractivity contribution is 0.535. The van der Waals surface area contributed by atoms with Gasteiger partial charge in [0.1, 0.15) is 0 Å². The average molecular weight is 294 g/mol. The molecule has 0 spiro atoms. The van der Waals surface area contributed by atoms with Crippen LogP contribution in [0, 0.1) is 0 Å². The molecule has 0 atom stereocenters. The highest BCUT2D eigenvalue weighted by Gasteiger charge is 2.13. The molecular formula is C15H22N2S2. The zero-order valence-electron chi connectivity index (χ0n) is 12.3. The van der Waals surface area contributed by atoms with E-state index in [2.05, 4.69) is 51.5 Å². The lowest BCUT2D eigenvalue weighted by Crippen LogP contribution is -2.29. The second kappa shape index (κ2) is 5.81. The van der Waals surface area contributed by atoms with Crippen molar-refractivity contribution in [3.05, 3.63) is 23.3 Å². The van der Waals surface area contributed by atoms with Gasteiger partial charge in [0.2, 0.25) is 0 Å². The van der Waals surface area contributed by atoms with E-state index in [0.29, 0.717) is 0 Å². The Morgan fingerprint density at radius 3 is 2.53 bits per heavy atom. The minimum absolute atomic E-state index is 0.102. The summed E-state index contributed by atoms with van der Waals surface area (Å²) in [5.41, 5.74) is 4.06. The van der Waals surface area contributed by atoms with Gasteiger partial charge in [0.15, 0.2) is 4.34 Å². The predicted molar refractivity (Wildman–Crippen MR) is 87.1 cm³/mol. The van der Waals surface area contributed by atoms with Gasteiger partial charge in [-0.1, -0.05) is 19.9 Å². The SMILES string of the molecule is CCc1cc(CC)c2nc(SNC(C)(C)C)sc2c1. The Labute approximate surface area is 124 Å². The lowest BCUT2D eigenvalue weighted by atomic mass is 10.1. The summed E-state index contributed by atoms with van der Waals surface area (Å²) >= 11 is 3.43. The molecular weight excluding hydrogens is 272 g/mol. The molecule has 4 heteroatoms. The Bertz CT molecular complexity index is 567. The van der Waals surface area contributed by atoms with Crippen molar-refractivity contribution < 1.29 is 0 Å². The van der Waals surface area contributed by atoms with Gasteiger partial charge < -0.3 is 0 Å². The maximum Gasteiger partial charge on any atom is 0.166 e. The van der Waals surface area contributed by atoms with Crippen LogP contribution in [0.25, 0.3) is 10.2 Å². The summed E-state index contributed by atoms with van der Waals surface area (Å²) in [5.74, 6) is 0. The van der Waals surface area contributed by atoms with E-state index >= 15 is 0 Å².